The van der Waals surface area contributed by atoms with Crippen LogP contribution in [0.15, 0.2) is 17.8 Å². The molecule has 0 atom stereocenters. The molecule has 0 bridgehead atoms. The molecule has 0 fully saturated rings. The van der Waals surface area contributed by atoms with Gasteiger partial charge in [0, 0.05) is 0 Å². The largest absolute Gasteiger partial charge is 0.345 e. The highest BCUT2D eigenvalue weighted by Crippen LogP contribution is 1.63. The van der Waals surface area contributed by atoms with Gasteiger partial charge in [-0.3, -0.25) is 5.41 Å². The van der Waals surface area contributed by atoms with Crippen molar-refractivity contribution in [2.45, 2.75) is 0 Å². The minimum Gasteiger partial charge on any atom is -0.345 e. The summed E-state index contributed by atoms with van der Waals surface area (Å²) in [6, 6.07) is 0. The molecule has 0 spiro atoms. The summed E-state index contributed by atoms with van der Waals surface area (Å²) in [5.41, 5.74) is 0. The van der Waals surface area contributed by atoms with Crippen LogP contribution in [0.5, 0.6) is 0 Å². The molecule has 0 aromatic rings. The van der Waals surface area contributed by atoms with Gasteiger partial charge in [-0.15, -0.1) is 0 Å². The molecule has 3 heteroatoms. The number of oxime groups is 1. The van der Waals surface area contributed by atoms with Gasteiger partial charge in [0.25, 0.3) is 0 Å². The zero-order valence-electron chi connectivity index (χ0n) is 3.79. The molecule has 0 heterocycles. The standard InChI is InChI=1S/C4H6N2O/c1-2-3-6-7-4-5/h2-5H,1H2/b5-4?,6-3-. The third-order valence-electron chi connectivity index (χ3n) is 0.280. The summed E-state index contributed by atoms with van der Waals surface area (Å²) in [5, 5.41) is 9.51. The Bertz CT molecular complexity index is 87.7. The number of hydrogen-bond acceptors (Lipinski definition) is 3. The first-order valence-electron chi connectivity index (χ1n) is 1.71. The molecule has 3 nitrogen and oxygen atoms in total. The van der Waals surface area contributed by atoms with Crippen molar-refractivity contribution in [1.29, 1.82) is 5.41 Å². The van der Waals surface area contributed by atoms with Crippen molar-refractivity contribution in [3.8, 4) is 0 Å². The molecular weight excluding hydrogens is 92.1 g/mol. The Morgan fingerprint density at radius 1 is 1.71 bits per heavy atom. The summed E-state index contributed by atoms with van der Waals surface area (Å²) in [4.78, 5) is 4.11. The number of allylic oxidation sites excluding steroid dienone is 1. The normalized spacial score (nSPS) is 8.57. The van der Waals surface area contributed by atoms with Crippen LogP contribution in [0.25, 0.3) is 0 Å². The zero-order chi connectivity index (χ0) is 5.54. The fourth-order valence-corrected chi connectivity index (χ4v) is 0.109. The minimum atomic E-state index is 0.736. The van der Waals surface area contributed by atoms with E-state index in [1.807, 2.05) is 0 Å². The highest BCUT2D eigenvalue weighted by atomic mass is 16.6. The lowest BCUT2D eigenvalue weighted by molar-refractivity contribution is 0.345. The molecule has 0 aliphatic heterocycles. The first-order valence-corrected chi connectivity index (χ1v) is 1.71. The summed E-state index contributed by atoms with van der Waals surface area (Å²) in [6.07, 6.45) is 3.55. The van der Waals surface area contributed by atoms with Crippen LogP contribution in [-0.2, 0) is 4.84 Å². The molecule has 7 heavy (non-hydrogen) atoms. The maximum atomic E-state index is 6.29. The van der Waals surface area contributed by atoms with E-state index in [9.17, 15) is 0 Å². The van der Waals surface area contributed by atoms with Crippen LogP contribution in [0.4, 0.5) is 0 Å². The van der Waals surface area contributed by atoms with Crippen molar-refractivity contribution in [1.82, 2.24) is 0 Å². The summed E-state index contributed by atoms with van der Waals surface area (Å²) >= 11 is 0. The van der Waals surface area contributed by atoms with Crippen LogP contribution in [-0.4, -0.2) is 12.6 Å². The molecule has 0 radical (unpaired) electrons. The molecular formula is C4H6N2O. The van der Waals surface area contributed by atoms with Crippen molar-refractivity contribution in [2.24, 2.45) is 5.16 Å². The summed E-state index contributed by atoms with van der Waals surface area (Å²) in [6.45, 7) is 3.33. The second-order valence-electron chi connectivity index (χ2n) is 0.713. The molecule has 0 aromatic heterocycles. The van der Waals surface area contributed by atoms with E-state index in [1.54, 1.807) is 0 Å². The number of nitrogens with zero attached hydrogens (tertiary/aromatic N) is 1. The van der Waals surface area contributed by atoms with Crippen LogP contribution in [0.3, 0.4) is 0 Å². The van der Waals surface area contributed by atoms with E-state index in [1.165, 1.54) is 12.3 Å². The third kappa shape index (κ3) is 4.88. The third-order valence-corrected chi connectivity index (χ3v) is 0.280. The van der Waals surface area contributed by atoms with Gasteiger partial charge >= 0.3 is 0 Å². The van der Waals surface area contributed by atoms with Crippen molar-refractivity contribution in [3.63, 3.8) is 0 Å². The Labute approximate surface area is 41.8 Å². The lowest BCUT2D eigenvalue weighted by Crippen LogP contribution is -1.71. The predicted molar refractivity (Wildman–Crippen MR) is 28.6 cm³/mol. The van der Waals surface area contributed by atoms with E-state index < -0.39 is 0 Å². The lowest BCUT2D eigenvalue weighted by atomic mass is 10.7. The first-order chi connectivity index (χ1) is 3.41. The zero-order valence-corrected chi connectivity index (χ0v) is 3.79. The van der Waals surface area contributed by atoms with Crippen molar-refractivity contribution < 1.29 is 4.84 Å². The smallest absolute Gasteiger partial charge is 0.204 e. The van der Waals surface area contributed by atoms with E-state index in [-0.39, 0.29) is 0 Å². The van der Waals surface area contributed by atoms with Gasteiger partial charge in [-0.2, -0.15) is 0 Å². The van der Waals surface area contributed by atoms with Crippen LogP contribution < -0.4 is 0 Å². The predicted octanol–water partition coefficient (Wildman–Crippen LogP) is 0.782. The van der Waals surface area contributed by atoms with Gasteiger partial charge < -0.3 is 4.84 Å². The molecule has 0 unspecified atom stereocenters. The Hall–Kier alpha value is -1.12. The highest BCUT2D eigenvalue weighted by Gasteiger charge is 1.58. The van der Waals surface area contributed by atoms with E-state index in [0.717, 1.165) is 6.40 Å². The van der Waals surface area contributed by atoms with Gasteiger partial charge in [-0.25, -0.2) is 0 Å². The topological polar surface area (TPSA) is 45.4 Å². The molecule has 0 aliphatic carbocycles. The van der Waals surface area contributed by atoms with Crippen LogP contribution in [0.1, 0.15) is 0 Å². The van der Waals surface area contributed by atoms with Crippen molar-refractivity contribution in [2.75, 3.05) is 0 Å². The Morgan fingerprint density at radius 3 is 2.86 bits per heavy atom. The van der Waals surface area contributed by atoms with Crippen LogP contribution >= 0.6 is 0 Å². The fraction of sp³-hybridized carbons (Fsp3) is 0. The SMILES string of the molecule is C=C/C=N\OC=N. The molecule has 0 aromatic carbocycles. The Morgan fingerprint density at radius 2 is 2.43 bits per heavy atom. The number of rotatable bonds is 3. The molecule has 0 rings (SSSR count). The molecule has 0 saturated carbocycles. The van der Waals surface area contributed by atoms with Crippen molar-refractivity contribution in [3.05, 3.63) is 12.7 Å². The maximum Gasteiger partial charge on any atom is 0.204 e. The first kappa shape index (κ1) is 5.88. The number of hydrogen-bond donors (Lipinski definition) is 1. The van der Waals surface area contributed by atoms with Crippen molar-refractivity contribution >= 4 is 12.6 Å². The average molecular weight is 98.1 g/mol. The Balaban J connectivity index is 3.08. The highest BCUT2D eigenvalue weighted by molar-refractivity contribution is 5.69. The molecule has 0 saturated heterocycles. The van der Waals surface area contributed by atoms with Gasteiger partial charge in [0.05, 0.1) is 6.21 Å². The summed E-state index contributed by atoms with van der Waals surface area (Å²) in [5.74, 6) is 0. The molecule has 0 amide bonds. The van der Waals surface area contributed by atoms with Gasteiger partial charge in [0.15, 0.2) is 0 Å². The van der Waals surface area contributed by atoms with E-state index in [4.69, 9.17) is 5.41 Å². The van der Waals surface area contributed by atoms with Gasteiger partial charge in [0.1, 0.15) is 0 Å². The summed E-state index contributed by atoms with van der Waals surface area (Å²) in [7, 11) is 0. The quantitative estimate of drug-likeness (QED) is 0.316. The Kier molecular flexibility index (Phi) is 4.10. The minimum absolute atomic E-state index is 0.736. The van der Waals surface area contributed by atoms with Gasteiger partial charge in [-0.05, 0) is 6.08 Å². The molecule has 1 N–H and O–H groups in total. The summed E-state index contributed by atoms with van der Waals surface area (Å²) < 4.78 is 0. The molecule has 0 aliphatic rings. The van der Waals surface area contributed by atoms with Gasteiger partial charge in [0.2, 0.25) is 6.40 Å². The molecule has 38 valence electrons. The number of nitrogens with one attached hydrogen (secondary N) is 1. The van der Waals surface area contributed by atoms with Crippen LogP contribution in [0.2, 0.25) is 0 Å². The van der Waals surface area contributed by atoms with Gasteiger partial charge in [-0.1, -0.05) is 11.7 Å². The average Bonchev–Trinajstić information content (AvgIpc) is 1.69. The lowest BCUT2D eigenvalue weighted by Gasteiger charge is -1.77. The van der Waals surface area contributed by atoms with Crippen LogP contribution in [0, 0.1) is 5.41 Å². The second kappa shape index (κ2) is 4.88. The van der Waals surface area contributed by atoms with E-state index >= 15 is 0 Å². The monoisotopic (exact) mass is 98.0 g/mol. The maximum absolute atomic E-state index is 6.29. The fourth-order valence-electron chi connectivity index (χ4n) is 0.109. The second-order valence-corrected chi connectivity index (χ2v) is 0.713. The van der Waals surface area contributed by atoms with E-state index in [2.05, 4.69) is 16.6 Å². The van der Waals surface area contributed by atoms with E-state index in [0.29, 0.717) is 0 Å².